The van der Waals surface area contributed by atoms with E-state index in [0.717, 1.165) is 0 Å². The van der Waals surface area contributed by atoms with Crippen LogP contribution in [0.3, 0.4) is 0 Å². The van der Waals surface area contributed by atoms with Gasteiger partial charge in [0.05, 0.1) is 23.7 Å². The van der Waals surface area contributed by atoms with Crippen LogP contribution in [0, 0.1) is 0 Å². The first-order valence-corrected chi connectivity index (χ1v) is 0.926. The summed E-state index contributed by atoms with van der Waals surface area (Å²) in [6.07, 6.45) is 0. The van der Waals surface area contributed by atoms with Gasteiger partial charge in [-0.25, -0.2) is 0 Å². The zero-order valence-corrected chi connectivity index (χ0v) is 11.5. The van der Waals surface area contributed by atoms with Gasteiger partial charge in [-0.15, -0.1) is 24.8 Å². The summed E-state index contributed by atoms with van der Waals surface area (Å²) in [5.74, 6) is 0. The first kappa shape index (κ1) is 41.4. The van der Waals surface area contributed by atoms with Gasteiger partial charge in [-0.05, 0) is 0 Å². The first-order chi connectivity index (χ1) is 1.41. The van der Waals surface area contributed by atoms with E-state index in [9.17, 15) is 0 Å². The first-order valence-electron chi connectivity index (χ1n) is 0.309. The Morgan fingerprint density at radius 3 is 1.00 bits per heavy atom. The Morgan fingerprint density at radius 2 is 1.00 bits per heavy atom. The molecule has 0 saturated carbocycles. The Kier molecular flexibility index (Phi) is 238. The molecular formula is H5AlCl4OYZr. The second-order valence-corrected chi connectivity index (χ2v) is 0.525. The van der Waals surface area contributed by atoms with Crippen LogP contribution in [0.25, 0.3) is 0 Å². The molecule has 49 valence electrons. The van der Waals surface area contributed by atoms with Crippen molar-refractivity contribution in [2.24, 2.45) is 0 Å². The largest absolute Gasteiger partial charge is 0.187 e. The molecule has 0 aliphatic heterocycles. The van der Waals surface area contributed by atoms with Crippen molar-refractivity contribution in [3.8, 4) is 0 Å². The molecule has 0 fully saturated rings. The molecule has 0 amide bonds. The summed E-state index contributed by atoms with van der Waals surface area (Å²) in [6, 6.07) is 0. The maximum absolute atomic E-state index is 4.26. The zero-order valence-electron chi connectivity index (χ0n) is 3.06. The molecule has 0 aliphatic carbocycles. The topological polar surface area (TPSA) is 9.23 Å². The van der Waals surface area contributed by atoms with E-state index in [0.29, 0.717) is 0 Å². The average Bonchev–Trinajstić information content (AvgIpc) is 0.918. The van der Waals surface area contributed by atoms with E-state index in [1.54, 1.807) is 0 Å². The van der Waals surface area contributed by atoms with Gasteiger partial charge in [0.15, 0.2) is 17.4 Å². The molecular weight excluding hydrogens is 365 g/mol. The molecule has 1 radical (unpaired) electrons. The SMILES string of the molecule is Cl.Cl.ClOCl.[AlH3].[Y].[Zr]. The van der Waals surface area contributed by atoms with Gasteiger partial charge >= 0.3 is 0 Å². The number of halogens is 4. The molecule has 0 N–H and O–H groups in total. The minimum absolute atomic E-state index is 0. The molecule has 0 aliphatic rings. The normalized spacial score (nSPS) is 2.25. The summed E-state index contributed by atoms with van der Waals surface area (Å²) in [4.78, 5) is 0. The van der Waals surface area contributed by atoms with Crippen LogP contribution >= 0.6 is 48.5 Å². The Hall–Kier alpha value is 3.64. The molecule has 0 saturated heterocycles. The molecule has 0 bridgehead atoms. The third-order valence-corrected chi connectivity index (χ3v) is 0. The van der Waals surface area contributed by atoms with Crippen molar-refractivity contribution in [2.45, 2.75) is 0 Å². The van der Waals surface area contributed by atoms with E-state index in [1.165, 1.54) is 0 Å². The van der Waals surface area contributed by atoms with Crippen molar-refractivity contribution >= 4 is 65.9 Å². The minimum Gasteiger partial charge on any atom is -0.166 e. The van der Waals surface area contributed by atoms with Gasteiger partial charge in [0.2, 0.25) is 0 Å². The minimum atomic E-state index is 0. The van der Waals surface area contributed by atoms with Crippen LogP contribution in [0.2, 0.25) is 0 Å². The molecule has 0 rings (SSSR count). The standard InChI is InChI=1S/Al.Cl2O.2ClH.Y.Zr.3H/c;1-3-2;;;;;;;/h;;2*1H;;;;;. The monoisotopic (exact) mass is 367 g/mol. The van der Waals surface area contributed by atoms with E-state index in [-0.39, 0.29) is 101 Å². The fraction of sp³-hybridized carbons (Fsp3) is 0. The van der Waals surface area contributed by atoms with Gasteiger partial charge < -0.3 is 0 Å². The van der Waals surface area contributed by atoms with Crippen molar-refractivity contribution in [1.29, 1.82) is 0 Å². The summed E-state index contributed by atoms with van der Waals surface area (Å²) < 4.78 is 3.19. The number of rotatable bonds is 0. The van der Waals surface area contributed by atoms with Gasteiger partial charge in [0.1, 0.15) is 0 Å². The Balaban J connectivity index is -0.00000000200. The van der Waals surface area contributed by atoms with Gasteiger partial charge in [0.25, 0.3) is 0 Å². The maximum Gasteiger partial charge on any atom is 0.187 e. The van der Waals surface area contributed by atoms with E-state index in [4.69, 9.17) is 0 Å². The molecule has 0 unspecified atom stereocenters. The van der Waals surface area contributed by atoms with E-state index in [1.807, 2.05) is 0 Å². The van der Waals surface area contributed by atoms with Gasteiger partial charge in [-0.1, -0.05) is 0 Å². The molecule has 0 aromatic carbocycles. The maximum atomic E-state index is 4.26. The predicted octanol–water partition coefficient (Wildman–Crippen LogP) is 0.965. The molecule has 0 aromatic heterocycles. The summed E-state index contributed by atoms with van der Waals surface area (Å²) in [7, 11) is 0. The van der Waals surface area contributed by atoms with Crippen molar-refractivity contribution < 1.29 is 62.8 Å². The van der Waals surface area contributed by atoms with E-state index < -0.39 is 0 Å². The summed E-state index contributed by atoms with van der Waals surface area (Å²) in [5, 5.41) is 0. The Bertz CT molecular complexity index is 16.0. The molecule has 0 atom stereocenters. The van der Waals surface area contributed by atoms with E-state index in [2.05, 4.69) is 27.6 Å². The van der Waals surface area contributed by atoms with Crippen molar-refractivity contribution in [1.82, 2.24) is 0 Å². The summed E-state index contributed by atoms with van der Waals surface area (Å²) in [5.41, 5.74) is 0. The van der Waals surface area contributed by atoms with Crippen LogP contribution in [0.1, 0.15) is 0 Å². The van der Waals surface area contributed by atoms with Gasteiger partial charge in [-0.3, -0.25) is 0 Å². The van der Waals surface area contributed by atoms with Crippen molar-refractivity contribution in [2.75, 3.05) is 0 Å². The number of hydrogen-bond donors (Lipinski definition) is 0. The van der Waals surface area contributed by atoms with Crippen molar-refractivity contribution in [3.63, 3.8) is 0 Å². The van der Waals surface area contributed by atoms with Crippen LogP contribution in [0.15, 0.2) is 0 Å². The molecule has 1 nitrogen and oxygen atoms in total. The summed E-state index contributed by atoms with van der Waals surface area (Å²) >= 11 is 8.53. The quantitative estimate of drug-likeness (QED) is 0.578. The van der Waals surface area contributed by atoms with Crippen LogP contribution in [-0.2, 0) is 62.8 Å². The fourth-order valence-corrected chi connectivity index (χ4v) is 0. The molecule has 8 heteroatoms. The molecule has 0 spiro atoms. The zero-order chi connectivity index (χ0) is 2.71. The second-order valence-electron chi connectivity index (χ2n) is 0.0583. The molecule has 0 heterocycles. The average molecular weight is 370 g/mol. The fourth-order valence-electron chi connectivity index (χ4n) is 0. The van der Waals surface area contributed by atoms with Gasteiger partial charge in [0, 0.05) is 58.9 Å². The smallest absolute Gasteiger partial charge is 0.166 e. The molecule has 0 aromatic rings. The number of hydrogen-bond acceptors (Lipinski definition) is 1. The van der Waals surface area contributed by atoms with E-state index >= 15 is 0 Å². The van der Waals surface area contributed by atoms with Crippen molar-refractivity contribution in [3.05, 3.63) is 0 Å². The van der Waals surface area contributed by atoms with Crippen LogP contribution < -0.4 is 0 Å². The third kappa shape index (κ3) is 54.3. The second kappa shape index (κ2) is 45.9. The molecule has 8 heavy (non-hydrogen) atoms. The summed E-state index contributed by atoms with van der Waals surface area (Å²) in [6.45, 7) is 0. The predicted molar refractivity (Wildman–Crippen MR) is 37.2 cm³/mol. The third-order valence-electron chi connectivity index (χ3n) is 0. The van der Waals surface area contributed by atoms with Gasteiger partial charge in [-0.2, -0.15) is 3.84 Å². The van der Waals surface area contributed by atoms with Crippen LogP contribution in [0.4, 0.5) is 0 Å². The van der Waals surface area contributed by atoms with Crippen LogP contribution in [0.5, 0.6) is 0 Å². The van der Waals surface area contributed by atoms with Crippen LogP contribution in [-0.4, -0.2) is 17.4 Å². The Labute approximate surface area is 126 Å². The Morgan fingerprint density at radius 1 is 1.00 bits per heavy atom.